The highest BCUT2D eigenvalue weighted by Crippen LogP contribution is 2.27. The predicted molar refractivity (Wildman–Crippen MR) is 44.4 cm³/mol. The molecule has 1 aliphatic carbocycles. The van der Waals surface area contributed by atoms with Gasteiger partial charge in [-0.2, -0.15) is 0 Å². The third-order valence-electron chi connectivity index (χ3n) is 2.52. The molecule has 56 valence electrons. The lowest BCUT2D eigenvalue weighted by molar-refractivity contribution is 0.446. The van der Waals surface area contributed by atoms with Crippen LogP contribution >= 0.6 is 0 Å². The van der Waals surface area contributed by atoms with Gasteiger partial charge in [0.2, 0.25) is 0 Å². The van der Waals surface area contributed by atoms with Gasteiger partial charge in [-0.25, -0.2) is 0 Å². The van der Waals surface area contributed by atoms with Crippen LogP contribution in [0.3, 0.4) is 0 Å². The summed E-state index contributed by atoms with van der Waals surface area (Å²) in [5, 5.41) is 7.46. The van der Waals surface area contributed by atoms with Gasteiger partial charge < -0.3 is 5.41 Å². The summed E-state index contributed by atoms with van der Waals surface area (Å²) in [5.41, 5.74) is 2.16. The molecule has 0 aromatic rings. The van der Waals surface area contributed by atoms with Crippen molar-refractivity contribution in [1.29, 1.82) is 5.41 Å². The minimum atomic E-state index is 0.664. The summed E-state index contributed by atoms with van der Waals surface area (Å²) >= 11 is 0. The van der Waals surface area contributed by atoms with Crippen molar-refractivity contribution in [2.24, 2.45) is 11.8 Å². The molecule has 1 N–H and O–H groups in total. The molecule has 0 aliphatic heterocycles. The number of hydrogen-bond donors (Lipinski definition) is 1. The van der Waals surface area contributed by atoms with Crippen LogP contribution < -0.4 is 0 Å². The fraction of sp³-hybridized carbons (Fsp3) is 0.667. The summed E-state index contributed by atoms with van der Waals surface area (Å²) in [5.74, 6) is 1.34. The fourth-order valence-corrected chi connectivity index (χ4v) is 1.44. The highest BCUT2D eigenvalue weighted by Gasteiger charge is 2.19. The van der Waals surface area contributed by atoms with E-state index in [1.165, 1.54) is 5.57 Å². The second kappa shape index (κ2) is 2.57. The molecule has 0 amide bonds. The molecule has 10 heavy (non-hydrogen) atoms. The molecule has 0 saturated carbocycles. The average molecular weight is 137 g/mol. The van der Waals surface area contributed by atoms with Crippen LogP contribution in [-0.4, -0.2) is 5.71 Å². The Morgan fingerprint density at radius 2 is 2.10 bits per heavy atom. The van der Waals surface area contributed by atoms with E-state index in [4.69, 9.17) is 5.41 Å². The van der Waals surface area contributed by atoms with Crippen molar-refractivity contribution >= 4 is 5.71 Å². The van der Waals surface area contributed by atoms with Gasteiger partial charge in [-0.3, -0.25) is 0 Å². The highest BCUT2D eigenvalue weighted by atomic mass is 14.4. The first-order chi connectivity index (χ1) is 4.61. The van der Waals surface area contributed by atoms with E-state index in [2.05, 4.69) is 20.8 Å². The monoisotopic (exact) mass is 137 g/mol. The molecule has 0 aromatic carbocycles. The van der Waals surface area contributed by atoms with Gasteiger partial charge in [0.25, 0.3) is 0 Å². The maximum Gasteiger partial charge on any atom is 0.0316 e. The summed E-state index contributed by atoms with van der Waals surface area (Å²) in [6.07, 6.45) is 2.96. The molecule has 0 aromatic heterocycles. The van der Waals surface area contributed by atoms with E-state index < -0.39 is 0 Å². The molecule has 0 fully saturated rings. The van der Waals surface area contributed by atoms with Crippen molar-refractivity contribution in [2.75, 3.05) is 0 Å². The van der Waals surface area contributed by atoms with Gasteiger partial charge in [-0.15, -0.1) is 0 Å². The molecule has 1 aliphatic rings. The molecule has 2 atom stereocenters. The van der Waals surface area contributed by atoms with Gasteiger partial charge in [0.05, 0.1) is 0 Å². The Morgan fingerprint density at radius 3 is 2.60 bits per heavy atom. The largest absolute Gasteiger partial charge is 0.305 e. The van der Waals surface area contributed by atoms with Crippen LogP contribution in [0.4, 0.5) is 0 Å². The number of nitrogens with one attached hydrogen (secondary N) is 1. The number of rotatable bonds is 0. The lowest BCUT2D eigenvalue weighted by Gasteiger charge is -2.25. The lowest BCUT2D eigenvalue weighted by Crippen LogP contribution is -2.18. The highest BCUT2D eigenvalue weighted by molar-refractivity contribution is 5.93. The lowest BCUT2D eigenvalue weighted by atomic mass is 9.81. The van der Waals surface area contributed by atoms with Crippen molar-refractivity contribution in [2.45, 2.75) is 27.2 Å². The van der Waals surface area contributed by atoms with E-state index in [1.54, 1.807) is 0 Å². The van der Waals surface area contributed by atoms with Crippen molar-refractivity contribution in [3.05, 3.63) is 11.6 Å². The molecule has 0 saturated heterocycles. The van der Waals surface area contributed by atoms with E-state index in [0.717, 1.165) is 12.1 Å². The van der Waals surface area contributed by atoms with E-state index in [0.29, 0.717) is 11.8 Å². The summed E-state index contributed by atoms with van der Waals surface area (Å²) in [7, 11) is 0. The Kier molecular flexibility index (Phi) is 1.93. The van der Waals surface area contributed by atoms with E-state index in [-0.39, 0.29) is 0 Å². The summed E-state index contributed by atoms with van der Waals surface area (Å²) in [6, 6.07) is 0. The molecule has 1 heteroatoms. The topological polar surface area (TPSA) is 23.9 Å². The average Bonchev–Trinajstić information content (AvgIpc) is 1.82. The van der Waals surface area contributed by atoms with Crippen LogP contribution in [0.15, 0.2) is 11.6 Å². The van der Waals surface area contributed by atoms with Gasteiger partial charge in [-0.1, -0.05) is 19.4 Å². The first-order valence-electron chi connectivity index (χ1n) is 3.87. The van der Waals surface area contributed by atoms with Crippen LogP contribution in [0.1, 0.15) is 27.2 Å². The molecule has 1 rings (SSSR count). The van der Waals surface area contributed by atoms with E-state index in [1.807, 2.05) is 6.08 Å². The molecular formula is C9H15N. The Labute approximate surface area is 62.6 Å². The molecule has 0 radical (unpaired) electrons. The Bertz CT molecular complexity index is 179. The molecule has 1 nitrogen and oxygen atoms in total. The van der Waals surface area contributed by atoms with Gasteiger partial charge in [0.1, 0.15) is 0 Å². The van der Waals surface area contributed by atoms with Crippen LogP contribution in [0, 0.1) is 17.2 Å². The third-order valence-corrected chi connectivity index (χ3v) is 2.52. The van der Waals surface area contributed by atoms with Crippen LogP contribution in [0.2, 0.25) is 0 Å². The zero-order valence-corrected chi connectivity index (χ0v) is 6.94. The van der Waals surface area contributed by atoms with Gasteiger partial charge in [0, 0.05) is 5.71 Å². The van der Waals surface area contributed by atoms with Crippen molar-refractivity contribution in [1.82, 2.24) is 0 Å². The Hall–Kier alpha value is -0.590. The standard InChI is InChI=1S/C9H15N/c1-6-4-9(10)5-7(2)8(6)3/h4,7-8,10H,5H2,1-3H3. The van der Waals surface area contributed by atoms with Gasteiger partial charge in [0.15, 0.2) is 0 Å². The van der Waals surface area contributed by atoms with Crippen LogP contribution in [-0.2, 0) is 0 Å². The maximum atomic E-state index is 7.46. The van der Waals surface area contributed by atoms with Crippen molar-refractivity contribution in [3.63, 3.8) is 0 Å². The first-order valence-corrected chi connectivity index (χ1v) is 3.87. The number of hydrogen-bond acceptors (Lipinski definition) is 1. The zero-order valence-electron chi connectivity index (χ0n) is 6.94. The molecule has 0 bridgehead atoms. The fourth-order valence-electron chi connectivity index (χ4n) is 1.44. The van der Waals surface area contributed by atoms with Crippen molar-refractivity contribution in [3.8, 4) is 0 Å². The Morgan fingerprint density at radius 1 is 1.50 bits per heavy atom. The van der Waals surface area contributed by atoms with Gasteiger partial charge >= 0.3 is 0 Å². The smallest absolute Gasteiger partial charge is 0.0316 e. The zero-order chi connectivity index (χ0) is 7.72. The van der Waals surface area contributed by atoms with Crippen LogP contribution in [0.25, 0.3) is 0 Å². The first kappa shape index (κ1) is 7.52. The predicted octanol–water partition coefficient (Wildman–Crippen LogP) is 2.63. The Balaban J connectivity index is 2.80. The second-order valence-electron chi connectivity index (χ2n) is 3.38. The van der Waals surface area contributed by atoms with Gasteiger partial charge in [-0.05, 0) is 31.3 Å². The molecule has 0 spiro atoms. The van der Waals surface area contributed by atoms with Crippen molar-refractivity contribution < 1.29 is 0 Å². The maximum absolute atomic E-state index is 7.46. The van der Waals surface area contributed by atoms with E-state index in [9.17, 15) is 0 Å². The van der Waals surface area contributed by atoms with E-state index >= 15 is 0 Å². The SMILES string of the molecule is CC1=CC(=N)CC(C)C1C. The third kappa shape index (κ3) is 1.28. The van der Waals surface area contributed by atoms with Crippen LogP contribution in [0.5, 0.6) is 0 Å². The minimum Gasteiger partial charge on any atom is -0.305 e. The molecule has 0 heterocycles. The summed E-state index contributed by atoms with van der Waals surface area (Å²) < 4.78 is 0. The summed E-state index contributed by atoms with van der Waals surface area (Å²) in [4.78, 5) is 0. The summed E-state index contributed by atoms with van der Waals surface area (Å²) in [6.45, 7) is 6.58. The second-order valence-corrected chi connectivity index (χ2v) is 3.38. The molecule has 2 unspecified atom stereocenters. The number of allylic oxidation sites excluding steroid dienone is 2. The quantitative estimate of drug-likeness (QED) is 0.530. The minimum absolute atomic E-state index is 0.664. The normalized spacial score (nSPS) is 33.9. The molecular weight excluding hydrogens is 122 g/mol.